The molecule has 0 saturated heterocycles. The summed E-state index contributed by atoms with van der Waals surface area (Å²) >= 11 is 11.6. The van der Waals surface area contributed by atoms with Crippen LogP contribution >= 0.6 is 23.2 Å². The highest BCUT2D eigenvalue weighted by atomic mass is 35.5. The van der Waals surface area contributed by atoms with Gasteiger partial charge in [0.1, 0.15) is 0 Å². The molecule has 12 heteroatoms. The number of nitrogens with one attached hydrogen (secondary N) is 1. The lowest BCUT2D eigenvalue weighted by atomic mass is 10.2. The van der Waals surface area contributed by atoms with Crippen molar-refractivity contribution in [3.05, 3.63) is 49.6 Å². The molecule has 1 N–H and O–H groups in total. The summed E-state index contributed by atoms with van der Waals surface area (Å²) in [5, 5.41) is 16.8. The first kappa shape index (κ1) is 21.0. The predicted octanol–water partition coefficient (Wildman–Crippen LogP) is 4.84. The van der Waals surface area contributed by atoms with Gasteiger partial charge < -0.3 is 15.4 Å². The number of anilines is 1. The third-order valence-corrected chi connectivity index (χ3v) is 4.40. The summed E-state index contributed by atoms with van der Waals surface area (Å²) in [6.45, 7) is 1.72. The van der Waals surface area contributed by atoms with E-state index in [0.717, 1.165) is 18.2 Å². The molecule has 0 aliphatic rings. The van der Waals surface area contributed by atoms with Crippen LogP contribution in [0.25, 0.3) is 0 Å². The number of alkyl halides is 3. The van der Waals surface area contributed by atoms with Gasteiger partial charge in [-0.3, -0.25) is 4.79 Å². The van der Waals surface area contributed by atoms with Gasteiger partial charge in [0.25, 0.3) is 0 Å². The van der Waals surface area contributed by atoms with E-state index in [9.17, 15) is 28.1 Å². The van der Waals surface area contributed by atoms with Crippen molar-refractivity contribution in [3.63, 3.8) is 0 Å². The minimum absolute atomic E-state index is 0.0262. The van der Waals surface area contributed by atoms with Gasteiger partial charge in [0.15, 0.2) is 5.02 Å². The number of carbonyl (C=O) groups is 1. The van der Waals surface area contributed by atoms with Crippen LogP contribution in [0.15, 0.2) is 18.2 Å². The maximum absolute atomic E-state index is 12.7. The van der Waals surface area contributed by atoms with Crippen LogP contribution in [0.3, 0.4) is 0 Å². The van der Waals surface area contributed by atoms with E-state index < -0.39 is 28.4 Å². The highest BCUT2D eigenvalue weighted by Crippen LogP contribution is 2.34. The maximum atomic E-state index is 12.7. The fraction of sp³-hybridized carbons (Fsp3) is 0.333. The van der Waals surface area contributed by atoms with Gasteiger partial charge in [-0.05, 0) is 36.5 Å². The molecule has 0 aliphatic heterocycles. The van der Waals surface area contributed by atoms with Crippen LogP contribution in [-0.4, -0.2) is 20.6 Å². The molecule has 0 bridgehead atoms. The molecule has 0 radical (unpaired) electrons. The minimum Gasteiger partial charge on any atom is -0.358 e. The molecular formula is C15H13Cl2F3N4O3. The van der Waals surface area contributed by atoms with Crippen molar-refractivity contribution in [2.24, 2.45) is 0 Å². The molecule has 2 aromatic rings. The van der Waals surface area contributed by atoms with Gasteiger partial charge in [0, 0.05) is 6.42 Å². The first-order valence-electron chi connectivity index (χ1n) is 7.54. The van der Waals surface area contributed by atoms with Crippen LogP contribution in [0.4, 0.5) is 24.7 Å². The Morgan fingerprint density at radius 2 is 2.04 bits per heavy atom. The number of carbonyl (C=O) groups excluding carboxylic acids is 1. The first-order valence-corrected chi connectivity index (χ1v) is 8.30. The summed E-state index contributed by atoms with van der Waals surface area (Å²) in [6.07, 6.45) is -4.38. The number of aromatic nitrogens is 2. The summed E-state index contributed by atoms with van der Waals surface area (Å²) < 4.78 is 39.5. The second-order valence-electron chi connectivity index (χ2n) is 5.55. The SMILES string of the molecule is Cc1c(Cl)c([N+](=O)[O-])nn1CCCC(=O)Nc1cc(C(F)(F)F)ccc1Cl. The number of rotatable bonds is 6. The van der Waals surface area contributed by atoms with Gasteiger partial charge in [-0.25, -0.2) is 0 Å². The number of benzene rings is 1. The molecule has 0 spiro atoms. The second kappa shape index (κ2) is 8.13. The van der Waals surface area contributed by atoms with E-state index in [1.54, 1.807) is 6.92 Å². The average molecular weight is 425 g/mol. The van der Waals surface area contributed by atoms with Crippen molar-refractivity contribution >= 4 is 40.6 Å². The third kappa shape index (κ3) is 5.10. The Bertz CT molecular complexity index is 884. The zero-order valence-corrected chi connectivity index (χ0v) is 15.3. The molecule has 1 heterocycles. The molecule has 0 unspecified atom stereocenters. The Morgan fingerprint density at radius 1 is 1.37 bits per heavy atom. The van der Waals surface area contributed by atoms with E-state index in [-0.39, 0.29) is 35.1 Å². The molecule has 7 nitrogen and oxygen atoms in total. The van der Waals surface area contributed by atoms with Gasteiger partial charge in [-0.2, -0.15) is 17.9 Å². The van der Waals surface area contributed by atoms with Gasteiger partial charge in [0.05, 0.1) is 33.6 Å². The zero-order chi connectivity index (χ0) is 20.4. The van der Waals surface area contributed by atoms with E-state index in [2.05, 4.69) is 10.4 Å². The highest BCUT2D eigenvalue weighted by molar-refractivity contribution is 6.33. The monoisotopic (exact) mass is 424 g/mol. The molecule has 1 aromatic carbocycles. The van der Waals surface area contributed by atoms with Gasteiger partial charge in [-0.1, -0.05) is 23.2 Å². The Balaban J connectivity index is 1.98. The van der Waals surface area contributed by atoms with Crippen LogP contribution < -0.4 is 5.32 Å². The Hall–Kier alpha value is -2.33. The summed E-state index contributed by atoms with van der Waals surface area (Å²) in [6, 6.07) is 2.62. The lowest BCUT2D eigenvalue weighted by Crippen LogP contribution is -2.14. The van der Waals surface area contributed by atoms with Crippen LogP contribution in [0.5, 0.6) is 0 Å². The molecule has 0 fully saturated rings. The smallest absolute Gasteiger partial charge is 0.358 e. The normalized spacial score (nSPS) is 11.5. The maximum Gasteiger partial charge on any atom is 0.416 e. The molecule has 27 heavy (non-hydrogen) atoms. The Labute approximate surface area is 161 Å². The number of hydrogen-bond donors (Lipinski definition) is 1. The van der Waals surface area contributed by atoms with E-state index >= 15 is 0 Å². The van der Waals surface area contributed by atoms with Gasteiger partial charge in [0.2, 0.25) is 5.91 Å². The summed E-state index contributed by atoms with van der Waals surface area (Å²) in [7, 11) is 0. The van der Waals surface area contributed by atoms with E-state index in [0.29, 0.717) is 5.69 Å². The summed E-state index contributed by atoms with van der Waals surface area (Å²) in [5.41, 5.74) is -0.702. The molecular weight excluding hydrogens is 412 g/mol. The standard InChI is InChI=1S/C15H13Cl2F3N4O3/c1-8-13(17)14(24(26)27)22-23(8)6-2-3-12(25)21-11-7-9(15(18,19)20)4-5-10(11)16/h4-5,7H,2-3,6H2,1H3,(H,21,25). The molecule has 0 atom stereocenters. The molecule has 1 amide bonds. The van der Waals surface area contributed by atoms with Crippen molar-refractivity contribution in [1.82, 2.24) is 9.78 Å². The molecule has 1 aromatic heterocycles. The average Bonchev–Trinajstić information content (AvgIpc) is 2.84. The molecule has 2 rings (SSSR count). The number of nitro groups is 1. The number of hydrogen-bond acceptors (Lipinski definition) is 4. The topological polar surface area (TPSA) is 90.1 Å². The quantitative estimate of drug-likeness (QED) is 0.530. The molecule has 146 valence electrons. The van der Waals surface area contributed by atoms with Crippen molar-refractivity contribution < 1.29 is 22.9 Å². The number of aryl methyl sites for hydroxylation is 1. The molecule has 0 saturated carbocycles. The van der Waals surface area contributed by atoms with Crippen LogP contribution in [-0.2, 0) is 17.5 Å². The first-order chi connectivity index (χ1) is 12.5. The van der Waals surface area contributed by atoms with Crippen LogP contribution in [0, 0.1) is 17.0 Å². The van der Waals surface area contributed by atoms with Crippen LogP contribution in [0.1, 0.15) is 24.1 Å². The fourth-order valence-electron chi connectivity index (χ4n) is 2.24. The summed E-state index contributed by atoms with van der Waals surface area (Å²) in [5.74, 6) is -1.03. The second-order valence-corrected chi connectivity index (χ2v) is 6.33. The van der Waals surface area contributed by atoms with E-state index in [1.807, 2.05) is 0 Å². The van der Waals surface area contributed by atoms with Gasteiger partial charge >= 0.3 is 12.0 Å². The van der Waals surface area contributed by atoms with E-state index in [4.69, 9.17) is 23.2 Å². The van der Waals surface area contributed by atoms with Crippen molar-refractivity contribution in [3.8, 4) is 0 Å². The van der Waals surface area contributed by atoms with Crippen molar-refractivity contribution in [2.45, 2.75) is 32.5 Å². The van der Waals surface area contributed by atoms with Gasteiger partial charge in [-0.15, -0.1) is 0 Å². The Kier molecular flexibility index (Phi) is 6.32. The lowest BCUT2D eigenvalue weighted by molar-refractivity contribution is -0.389. The number of nitrogens with zero attached hydrogens (tertiary/aromatic N) is 3. The number of halogens is 5. The predicted molar refractivity (Wildman–Crippen MR) is 92.9 cm³/mol. The highest BCUT2D eigenvalue weighted by Gasteiger charge is 2.31. The lowest BCUT2D eigenvalue weighted by Gasteiger charge is -2.11. The Morgan fingerprint density at radius 3 is 2.59 bits per heavy atom. The van der Waals surface area contributed by atoms with E-state index in [1.165, 1.54) is 4.68 Å². The van der Waals surface area contributed by atoms with Crippen molar-refractivity contribution in [2.75, 3.05) is 5.32 Å². The van der Waals surface area contributed by atoms with Crippen molar-refractivity contribution in [1.29, 1.82) is 0 Å². The third-order valence-electron chi connectivity index (χ3n) is 3.63. The largest absolute Gasteiger partial charge is 0.416 e. The zero-order valence-electron chi connectivity index (χ0n) is 13.8. The minimum atomic E-state index is -4.56. The van der Waals surface area contributed by atoms with Crippen LogP contribution in [0.2, 0.25) is 10.0 Å². The molecule has 0 aliphatic carbocycles. The fourth-order valence-corrected chi connectivity index (χ4v) is 2.61. The number of amides is 1. The summed E-state index contributed by atoms with van der Waals surface area (Å²) in [4.78, 5) is 22.0.